The topological polar surface area (TPSA) is 86.8 Å². The first-order chi connectivity index (χ1) is 18.8. The Morgan fingerprint density at radius 1 is 0.875 bits per heavy atom. The minimum absolute atomic E-state index is 0.0538. The van der Waals surface area contributed by atoms with Crippen molar-refractivity contribution in [3.63, 3.8) is 0 Å². The average molecular weight is 584 g/mol. The lowest BCUT2D eigenvalue weighted by molar-refractivity contribution is -0.139. The molecule has 0 saturated heterocycles. The molecule has 3 aromatic rings. The smallest absolute Gasteiger partial charge is 0.264 e. The first-order valence-electron chi connectivity index (χ1n) is 13.3. The Morgan fingerprint density at radius 3 is 2.02 bits per heavy atom. The molecule has 0 saturated carbocycles. The molecule has 0 aromatic heterocycles. The van der Waals surface area contributed by atoms with Gasteiger partial charge in [0.25, 0.3) is 10.0 Å². The van der Waals surface area contributed by atoms with Gasteiger partial charge in [0.1, 0.15) is 12.6 Å². The number of carbonyl (C=O) groups excluding carboxylic acids is 2. The van der Waals surface area contributed by atoms with Crippen molar-refractivity contribution in [2.24, 2.45) is 5.92 Å². The molecule has 1 N–H and O–H groups in total. The Labute approximate surface area is 243 Å². The summed E-state index contributed by atoms with van der Waals surface area (Å²) in [5, 5.41) is 3.24. The van der Waals surface area contributed by atoms with Gasteiger partial charge in [0.2, 0.25) is 11.8 Å². The Balaban J connectivity index is 2.05. The largest absolute Gasteiger partial charge is 0.354 e. The number of amides is 2. The summed E-state index contributed by atoms with van der Waals surface area (Å²) >= 11 is 6.28. The van der Waals surface area contributed by atoms with Crippen LogP contribution in [-0.2, 0) is 26.2 Å². The van der Waals surface area contributed by atoms with Gasteiger partial charge in [0.15, 0.2) is 0 Å². The predicted molar refractivity (Wildman–Crippen MR) is 161 cm³/mol. The molecular weight excluding hydrogens is 546 g/mol. The van der Waals surface area contributed by atoms with Crippen molar-refractivity contribution in [2.75, 3.05) is 17.4 Å². The molecule has 2 amide bonds. The van der Waals surface area contributed by atoms with Crippen LogP contribution >= 0.6 is 11.6 Å². The van der Waals surface area contributed by atoms with Gasteiger partial charge in [-0.3, -0.25) is 13.9 Å². The Morgan fingerprint density at radius 2 is 1.45 bits per heavy atom. The molecule has 0 spiro atoms. The molecule has 0 aliphatic rings. The predicted octanol–water partition coefficient (Wildman–Crippen LogP) is 5.65. The van der Waals surface area contributed by atoms with Gasteiger partial charge in [0, 0.05) is 18.1 Å². The molecule has 0 bridgehead atoms. The number of halogens is 1. The maximum atomic E-state index is 14.0. The maximum Gasteiger partial charge on any atom is 0.264 e. The van der Waals surface area contributed by atoms with Crippen LogP contribution in [0.2, 0.25) is 5.02 Å². The van der Waals surface area contributed by atoms with Crippen molar-refractivity contribution in [3.8, 4) is 0 Å². The zero-order valence-corrected chi connectivity index (χ0v) is 25.5. The van der Waals surface area contributed by atoms with E-state index < -0.39 is 28.5 Å². The van der Waals surface area contributed by atoms with E-state index in [0.717, 1.165) is 21.0 Å². The molecule has 0 aliphatic heterocycles. The first-order valence-corrected chi connectivity index (χ1v) is 15.1. The van der Waals surface area contributed by atoms with Crippen molar-refractivity contribution in [3.05, 3.63) is 94.0 Å². The van der Waals surface area contributed by atoms with Gasteiger partial charge < -0.3 is 10.2 Å². The lowest BCUT2D eigenvalue weighted by Crippen LogP contribution is -2.51. The summed E-state index contributed by atoms with van der Waals surface area (Å²) in [6.07, 6.45) is 0. The molecule has 9 heteroatoms. The normalized spacial score (nSPS) is 12.2. The fourth-order valence-corrected chi connectivity index (χ4v) is 5.76. The molecule has 0 aliphatic carbocycles. The van der Waals surface area contributed by atoms with E-state index >= 15 is 0 Å². The molecule has 7 nitrogen and oxygen atoms in total. The van der Waals surface area contributed by atoms with Crippen LogP contribution in [0.5, 0.6) is 0 Å². The third-order valence-electron chi connectivity index (χ3n) is 6.65. The van der Waals surface area contributed by atoms with E-state index in [0.29, 0.717) is 22.8 Å². The fourth-order valence-electron chi connectivity index (χ4n) is 4.13. The second-order valence-corrected chi connectivity index (χ2v) is 12.9. The number of nitrogens with one attached hydrogen (secondary N) is 1. The number of rotatable bonds is 11. The van der Waals surface area contributed by atoms with E-state index in [1.165, 1.54) is 17.0 Å². The summed E-state index contributed by atoms with van der Waals surface area (Å²) in [6.45, 7) is 11.3. The molecule has 1 unspecified atom stereocenters. The van der Waals surface area contributed by atoms with Crippen molar-refractivity contribution >= 4 is 39.1 Å². The van der Waals surface area contributed by atoms with E-state index in [1.54, 1.807) is 44.2 Å². The summed E-state index contributed by atoms with van der Waals surface area (Å²) in [7, 11) is -4.16. The van der Waals surface area contributed by atoms with Crippen LogP contribution in [0, 0.1) is 26.7 Å². The fraction of sp³-hybridized carbons (Fsp3) is 0.355. The quantitative estimate of drug-likeness (QED) is 0.316. The zero-order valence-electron chi connectivity index (χ0n) is 23.9. The van der Waals surface area contributed by atoms with Crippen LogP contribution in [0.1, 0.15) is 43.0 Å². The lowest BCUT2D eigenvalue weighted by Gasteiger charge is -2.32. The summed E-state index contributed by atoms with van der Waals surface area (Å²) in [5.41, 5.74) is 3.74. The van der Waals surface area contributed by atoms with Gasteiger partial charge in [-0.2, -0.15) is 0 Å². The summed E-state index contributed by atoms with van der Waals surface area (Å²) in [5.74, 6) is -0.581. The highest BCUT2D eigenvalue weighted by Gasteiger charge is 2.33. The number of sulfonamides is 1. The van der Waals surface area contributed by atoms with E-state index in [2.05, 4.69) is 5.32 Å². The average Bonchev–Trinajstić information content (AvgIpc) is 2.91. The lowest BCUT2D eigenvalue weighted by atomic mass is 10.1. The van der Waals surface area contributed by atoms with E-state index in [9.17, 15) is 18.0 Å². The van der Waals surface area contributed by atoms with Gasteiger partial charge in [-0.05, 0) is 69.0 Å². The first kappa shape index (κ1) is 31.2. The van der Waals surface area contributed by atoms with Gasteiger partial charge in [-0.15, -0.1) is 0 Å². The van der Waals surface area contributed by atoms with E-state index in [1.807, 2.05) is 52.0 Å². The van der Waals surface area contributed by atoms with Gasteiger partial charge >= 0.3 is 0 Å². The number of anilines is 1. The second kappa shape index (κ2) is 13.3. The zero-order chi connectivity index (χ0) is 29.6. The maximum absolute atomic E-state index is 14.0. The van der Waals surface area contributed by atoms with Gasteiger partial charge in [-0.25, -0.2) is 8.42 Å². The number of hydrogen-bond acceptors (Lipinski definition) is 4. The monoisotopic (exact) mass is 583 g/mol. The summed E-state index contributed by atoms with van der Waals surface area (Å²) < 4.78 is 29.0. The van der Waals surface area contributed by atoms with Gasteiger partial charge in [-0.1, -0.05) is 79.0 Å². The molecule has 0 radical (unpaired) electrons. The third kappa shape index (κ3) is 7.86. The molecule has 40 heavy (non-hydrogen) atoms. The van der Waals surface area contributed by atoms with Crippen LogP contribution < -0.4 is 9.62 Å². The van der Waals surface area contributed by atoms with Crippen molar-refractivity contribution in [2.45, 2.75) is 59.0 Å². The number of aryl methyl sites for hydroxylation is 3. The molecule has 3 rings (SSSR count). The number of nitrogens with zero attached hydrogens (tertiary/aromatic N) is 2. The van der Waals surface area contributed by atoms with Crippen LogP contribution in [0.25, 0.3) is 0 Å². The Hall–Kier alpha value is -3.36. The molecule has 3 aromatic carbocycles. The SMILES string of the molecule is Cc1ccc(CN(C(=O)CN(c2cc(Cl)ccc2C)S(=O)(=O)c2ccc(C)cc2)C(C)C(=O)NCC(C)C)cc1. The minimum atomic E-state index is -4.16. The number of benzene rings is 3. The number of hydrogen-bond donors (Lipinski definition) is 1. The van der Waals surface area contributed by atoms with Crippen LogP contribution in [0.15, 0.2) is 71.6 Å². The third-order valence-corrected chi connectivity index (χ3v) is 8.66. The summed E-state index contributed by atoms with van der Waals surface area (Å²) in [4.78, 5) is 28.6. The van der Waals surface area contributed by atoms with Crippen molar-refractivity contribution < 1.29 is 18.0 Å². The molecule has 1 atom stereocenters. The summed E-state index contributed by atoms with van der Waals surface area (Å²) in [6, 6.07) is 18.2. The Kier molecular flexibility index (Phi) is 10.4. The minimum Gasteiger partial charge on any atom is -0.354 e. The van der Waals surface area contributed by atoms with E-state index in [-0.39, 0.29) is 23.3 Å². The Bertz CT molecular complexity index is 1440. The highest BCUT2D eigenvalue weighted by Crippen LogP contribution is 2.30. The number of carbonyl (C=O) groups is 2. The molecule has 0 fully saturated rings. The van der Waals surface area contributed by atoms with Crippen LogP contribution in [0.4, 0.5) is 5.69 Å². The second-order valence-electron chi connectivity index (χ2n) is 10.6. The highest BCUT2D eigenvalue weighted by atomic mass is 35.5. The van der Waals surface area contributed by atoms with Crippen LogP contribution in [0.3, 0.4) is 0 Å². The van der Waals surface area contributed by atoms with Crippen LogP contribution in [-0.4, -0.2) is 44.3 Å². The standard InChI is InChI=1S/C31H38ClN3O4S/c1-21(2)18-33-31(37)25(6)34(19-26-12-7-22(3)8-13-26)30(36)20-35(29-17-27(32)14-11-24(29)5)40(38,39)28-15-9-23(4)10-16-28/h7-17,21,25H,18-20H2,1-6H3,(H,33,37). The molecule has 214 valence electrons. The molecule has 0 heterocycles. The van der Waals surface area contributed by atoms with E-state index in [4.69, 9.17) is 11.6 Å². The highest BCUT2D eigenvalue weighted by molar-refractivity contribution is 7.92. The molecular formula is C31H38ClN3O4S. The van der Waals surface area contributed by atoms with Crippen molar-refractivity contribution in [1.82, 2.24) is 10.2 Å². The van der Waals surface area contributed by atoms with Crippen molar-refractivity contribution in [1.29, 1.82) is 0 Å². The van der Waals surface area contributed by atoms with Gasteiger partial charge in [0.05, 0.1) is 10.6 Å².